The van der Waals surface area contributed by atoms with Crippen molar-refractivity contribution in [2.24, 2.45) is 0 Å². The minimum atomic E-state index is -1.38. The fourth-order valence-corrected chi connectivity index (χ4v) is 0.751. The molecular formula is C3H5ClO3S. The molecule has 0 saturated heterocycles. The number of aliphatic hydroxyl groups excluding tert-OH is 1. The van der Waals surface area contributed by atoms with Crippen LogP contribution in [0.25, 0.3) is 0 Å². The van der Waals surface area contributed by atoms with E-state index in [4.69, 9.17) is 21.8 Å². The van der Waals surface area contributed by atoms with Crippen LogP contribution < -0.4 is 0 Å². The number of rotatable bonds is 3. The molecule has 0 aliphatic rings. The maximum atomic E-state index is 9.76. The monoisotopic (exact) mass is 156 g/mol. The lowest BCUT2D eigenvalue weighted by Gasteiger charge is -1.98. The third-order valence-corrected chi connectivity index (χ3v) is 1.45. The van der Waals surface area contributed by atoms with Gasteiger partial charge < -0.3 is 10.2 Å². The minimum absolute atomic E-state index is 0.0907. The first-order chi connectivity index (χ1) is 3.68. The molecule has 0 bridgehead atoms. The zero-order valence-corrected chi connectivity index (χ0v) is 5.45. The predicted octanol–water partition coefficient (Wildman–Crippen LogP) is 0.319. The highest BCUT2D eigenvalue weighted by atomic mass is 35.5. The van der Waals surface area contributed by atoms with Gasteiger partial charge in [-0.05, 0) is 0 Å². The molecule has 0 aromatic carbocycles. The van der Waals surface area contributed by atoms with Crippen molar-refractivity contribution < 1.29 is 15.0 Å². The van der Waals surface area contributed by atoms with E-state index in [1.807, 2.05) is 0 Å². The Morgan fingerprint density at radius 2 is 2.38 bits per heavy atom. The first-order valence-electron chi connectivity index (χ1n) is 1.77. The lowest BCUT2D eigenvalue weighted by atomic mass is 10.7. The Morgan fingerprint density at radius 1 is 1.88 bits per heavy atom. The predicted molar refractivity (Wildman–Crippen MR) is 32.0 cm³/mol. The van der Waals surface area contributed by atoms with Crippen molar-refractivity contribution in [2.75, 3.05) is 5.21 Å². The van der Waals surface area contributed by atoms with Gasteiger partial charge >= 0.3 is 5.97 Å². The van der Waals surface area contributed by atoms with E-state index in [9.17, 15) is 4.79 Å². The van der Waals surface area contributed by atoms with Gasteiger partial charge in [0, 0.05) is 0 Å². The quantitative estimate of drug-likeness (QED) is 0.457. The molecular weight excluding hydrogens is 152 g/mol. The van der Waals surface area contributed by atoms with Gasteiger partial charge in [0.15, 0.2) is 5.44 Å². The molecule has 0 heterocycles. The largest absolute Gasteiger partial charge is 0.479 e. The van der Waals surface area contributed by atoms with Gasteiger partial charge in [-0.25, -0.2) is 4.79 Å². The highest BCUT2D eigenvalue weighted by molar-refractivity contribution is 8.01. The summed E-state index contributed by atoms with van der Waals surface area (Å²) in [4.78, 5) is 9.76. The molecule has 0 rings (SSSR count). The van der Waals surface area contributed by atoms with Gasteiger partial charge in [0.25, 0.3) is 0 Å². The second-order valence-electron chi connectivity index (χ2n) is 0.966. The molecule has 2 N–H and O–H groups in total. The Balaban J connectivity index is 3.32. The van der Waals surface area contributed by atoms with E-state index in [1.165, 1.54) is 0 Å². The van der Waals surface area contributed by atoms with Crippen LogP contribution in [-0.4, -0.2) is 26.8 Å². The summed E-state index contributed by atoms with van der Waals surface area (Å²) in [7, 11) is 0. The molecule has 0 fully saturated rings. The summed E-state index contributed by atoms with van der Waals surface area (Å²) in [5.74, 6) is -1.25. The van der Waals surface area contributed by atoms with Gasteiger partial charge in [-0.3, -0.25) is 0 Å². The van der Waals surface area contributed by atoms with Gasteiger partial charge in [0.05, 0.1) is 5.21 Å². The van der Waals surface area contributed by atoms with Crippen LogP contribution in [-0.2, 0) is 4.79 Å². The molecule has 0 saturated carbocycles. The number of aliphatic hydroxyl groups is 1. The first kappa shape index (κ1) is 8.07. The van der Waals surface area contributed by atoms with Gasteiger partial charge in [0.1, 0.15) is 0 Å². The smallest absolute Gasteiger partial charge is 0.343 e. The summed E-state index contributed by atoms with van der Waals surface area (Å²) in [6, 6.07) is 0. The second-order valence-corrected chi connectivity index (χ2v) is 2.62. The maximum Gasteiger partial charge on any atom is 0.343 e. The number of carboxylic acid groups (broad SMARTS) is 1. The van der Waals surface area contributed by atoms with Gasteiger partial charge in [-0.15, -0.1) is 23.4 Å². The second kappa shape index (κ2) is 4.00. The lowest BCUT2D eigenvalue weighted by Crippen LogP contribution is -2.14. The third-order valence-electron chi connectivity index (χ3n) is 0.432. The average molecular weight is 157 g/mol. The molecule has 0 aliphatic heterocycles. The van der Waals surface area contributed by atoms with Crippen LogP contribution in [0.3, 0.4) is 0 Å². The zero-order valence-electron chi connectivity index (χ0n) is 3.87. The van der Waals surface area contributed by atoms with Crippen molar-refractivity contribution in [3.8, 4) is 0 Å². The van der Waals surface area contributed by atoms with Crippen molar-refractivity contribution >= 4 is 29.3 Å². The third kappa shape index (κ3) is 3.12. The molecule has 0 spiro atoms. The van der Waals surface area contributed by atoms with Crippen molar-refractivity contribution in [2.45, 2.75) is 5.44 Å². The fraction of sp³-hybridized carbons (Fsp3) is 0.667. The van der Waals surface area contributed by atoms with E-state index < -0.39 is 11.4 Å². The number of thioether (sulfide) groups is 1. The van der Waals surface area contributed by atoms with Crippen LogP contribution in [0.5, 0.6) is 0 Å². The van der Waals surface area contributed by atoms with Crippen LogP contribution in [0, 0.1) is 0 Å². The van der Waals surface area contributed by atoms with Crippen LogP contribution in [0.4, 0.5) is 0 Å². The van der Waals surface area contributed by atoms with Crippen molar-refractivity contribution in [1.29, 1.82) is 0 Å². The van der Waals surface area contributed by atoms with E-state index >= 15 is 0 Å². The molecule has 0 amide bonds. The molecule has 5 heteroatoms. The molecule has 0 radical (unpaired) electrons. The summed E-state index contributed by atoms with van der Waals surface area (Å²) < 4.78 is 0. The molecule has 48 valence electrons. The van der Waals surface area contributed by atoms with E-state index in [0.29, 0.717) is 0 Å². The minimum Gasteiger partial charge on any atom is -0.479 e. The highest BCUT2D eigenvalue weighted by Gasteiger charge is 2.11. The Hall–Kier alpha value is 0.0700. The van der Waals surface area contributed by atoms with E-state index in [2.05, 4.69) is 0 Å². The topological polar surface area (TPSA) is 57.5 Å². The van der Waals surface area contributed by atoms with Crippen LogP contribution in [0.2, 0.25) is 0 Å². The SMILES string of the molecule is O=C(O)C(O)SCCl. The number of halogens is 1. The summed E-state index contributed by atoms with van der Waals surface area (Å²) >= 11 is 5.84. The van der Waals surface area contributed by atoms with Crippen molar-refractivity contribution in [3.05, 3.63) is 0 Å². The zero-order chi connectivity index (χ0) is 6.57. The number of carboxylic acids is 1. The number of hydrogen-bond acceptors (Lipinski definition) is 3. The molecule has 0 aromatic heterocycles. The van der Waals surface area contributed by atoms with Crippen molar-refractivity contribution in [1.82, 2.24) is 0 Å². The average Bonchev–Trinajstić information content (AvgIpc) is 1.67. The lowest BCUT2D eigenvalue weighted by molar-refractivity contribution is -0.141. The standard InChI is InChI=1S/C3H5ClO3S/c4-1-8-3(7)2(5)6/h3,7H,1H2,(H,5,6). The Bertz CT molecular complexity index is 86.6. The van der Waals surface area contributed by atoms with E-state index in [1.54, 1.807) is 0 Å². The summed E-state index contributed by atoms with van der Waals surface area (Å²) in [6.07, 6.45) is 0. The summed E-state index contributed by atoms with van der Waals surface area (Å²) in [5.41, 5.74) is -1.38. The number of carbonyl (C=O) groups is 1. The molecule has 0 aliphatic carbocycles. The molecule has 3 nitrogen and oxygen atoms in total. The number of alkyl halides is 1. The first-order valence-corrected chi connectivity index (χ1v) is 3.35. The summed E-state index contributed by atoms with van der Waals surface area (Å²) in [5, 5.41) is 16.5. The number of aliphatic carboxylic acids is 1. The van der Waals surface area contributed by atoms with Crippen LogP contribution >= 0.6 is 23.4 Å². The Labute approximate surface area is 55.6 Å². The maximum absolute atomic E-state index is 9.76. The summed E-state index contributed by atoms with van der Waals surface area (Å²) in [6.45, 7) is 0. The highest BCUT2D eigenvalue weighted by Crippen LogP contribution is 2.08. The van der Waals surface area contributed by atoms with Gasteiger partial charge in [-0.1, -0.05) is 0 Å². The van der Waals surface area contributed by atoms with E-state index in [-0.39, 0.29) is 5.21 Å². The molecule has 1 atom stereocenters. The van der Waals surface area contributed by atoms with E-state index in [0.717, 1.165) is 11.8 Å². The van der Waals surface area contributed by atoms with Crippen LogP contribution in [0.1, 0.15) is 0 Å². The molecule has 0 aromatic rings. The molecule has 1 unspecified atom stereocenters. The Morgan fingerprint density at radius 3 is 2.50 bits per heavy atom. The fourth-order valence-electron chi connectivity index (χ4n) is 0.131. The number of hydrogen-bond donors (Lipinski definition) is 2. The Kier molecular flexibility index (Phi) is 4.03. The van der Waals surface area contributed by atoms with Gasteiger partial charge in [-0.2, -0.15) is 0 Å². The molecule has 8 heavy (non-hydrogen) atoms. The van der Waals surface area contributed by atoms with Crippen molar-refractivity contribution in [3.63, 3.8) is 0 Å². The normalized spacial score (nSPS) is 13.2. The van der Waals surface area contributed by atoms with Crippen LogP contribution in [0.15, 0.2) is 0 Å². The van der Waals surface area contributed by atoms with Gasteiger partial charge in [0.2, 0.25) is 0 Å².